The number of pyridine rings is 2. The van der Waals surface area contributed by atoms with Crippen molar-refractivity contribution >= 4 is 37.7 Å². The van der Waals surface area contributed by atoms with Gasteiger partial charge in [-0.15, -0.1) is 0 Å². The molecule has 5 aromatic carbocycles. The van der Waals surface area contributed by atoms with Gasteiger partial charge in [-0.3, -0.25) is 9.97 Å². The number of rotatable bonds is 6. The predicted molar refractivity (Wildman–Crippen MR) is 205 cm³/mol. The first-order chi connectivity index (χ1) is 24.7. The number of benzene rings is 5. The zero-order valence-electron chi connectivity index (χ0n) is 26.6. The molecule has 50 heavy (non-hydrogen) atoms. The lowest BCUT2D eigenvalue weighted by atomic mass is 10.0. The normalized spacial score (nSPS) is 11.3. The second-order valence-electron chi connectivity index (χ2n) is 12.0. The molecule has 0 radical (unpaired) electrons. The van der Waals surface area contributed by atoms with Crippen molar-refractivity contribution in [1.82, 2.24) is 29.5 Å². The Balaban J connectivity index is 1.20. The smallest absolute Gasteiger partial charge is 0.164 e. The van der Waals surface area contributed by atoms with Crippen LogP contribution >= 0.6 is 15.9 Å². The molecule has 0 fully saturated rings. The SMILES string of the molecule is Brc1cc(-c2nc(-c3ccc(-c4ccncc4)cc3)nc(-c3ccc(-c4cccnc4)cc3)n2)cc(-n2c3ccccc3c3ccccc32)c1. The first-order valence-electron chi connectivity index (χ1n) is 16.3. The Kier molecular flexibility index (Phi) is 7.52. The summed E-state index contributed by atoms with van der Waals surface area (Å²) >= 11 is 3.82. The van der Waals surface area contributed by atoms with Crippen LogP contribution in [0.25, 0.3) is 83.9 Å². The van der Waals surface area contributed by atoms with Gasteiger partial charge in [0, 0.05) is 62.4 Å². The number of fused-ring (bicyclic) bond motifs is 3. The van der Waals surface area contributed by atoms with E-state index in [-0.39, 0.29) is 0 Å². The molecule has 0 amide bonds. The van der Waals surface area contributed by atoms with Crippen LogP contribution in [0.15, 0.2) is 169 Å². The molecule has 4 heterocycles. The van der Waals surface area contributed by atoms with Crippen LogP contribution in [0.1, 0.15) is 0 Å². The summed E-state index contributed by atoms with van der Waals surface area (Å²) in [5, 5.41) is 2.42. The Labute approximate surface area is 297 Å². The summed E-state index contributed by atoms with van der Waals surface area (Å²) < 4.78 is 3.23. The number of para-hydroxylation sites is 2. The lowest BCUT2D eigenvalue weighted by Crippen LogP contribution is -2.01. The van der Waals surface area contributed by atoms with Crippen LogP contribution in [0.2, 0.25) is 0 Å². The summed E-state index contributed by atoms with van der Waals surface area (Å²) in [6, 6.07) is 48.0. The highest BCUT2D eigenvalue weighted by Gasteiger charge is 2.17. The van der Waals surface area contributed by atoms with Crippen molar-refractivity contribution in [3.63, 3.8) is 0 Å². The van der Waals surface area contributed by atoms with Crippen LogP contribution in [-0.2, 0) is 0 Å². The molecule has 6 nitrogen and oxygen atoms in total. The van der Waals surface area contributed by atoms with Crippen molar-refractivity contribution in [2.75, 3.05) is 0 Å². The van der Waals surface area contributed by atoms with Crippen molar-refractivity contribution in [2.24, 2.45) is 0 Å². The minimum absolute atomic E-state index is 0.586. The minimum Gasteiger partial charge on any atom is -0.309 e. The maximum absolute atomic E-state index is 5.08. The second-order valence-corrected chi connectivity index (χ2v) is 12.9. The number of aromatic nitrogens is 6. The average molecular weight is 708 g/mol. The lowest BCUT2D eigenvalue weighted by Gasteiger charge is -2.13. The highest BCUT2D eigenvalue weighted by molar-refractivity contribution is 9.10. The molecule has 0 aliphatic rings. The fraction of sp³-hybridized carbons (Fsp3) is 0. The summed E-state index contributed by atoms with van der Waals surface area (Å²) in [6.45, 7) is 0. The van der Waals surface area contributed by atoms with E-state index in [1.807, 2.05) is 24.4 Å². The standard InChI is InChI=1S/C43H27BrN6/c44-35-24-34(25-36(26-35)50-39-9-3-1-7-37(39)38-8-2-4-10-40(38)50)43-48-41(31-15-11-28(12-16-31)30-19-22-45-23-20-30)47-42(49-43)32-17-13-29(14-18-32)33-6-5-21-46-27-33/h1-27H. The van der Waals surface area contributed by atoms with Crippen LogP contribution < -0.4 is 0 Å². The molecule has 4 aromatic heterocycles. The Morgan fingerprint density at radius 2 is 0.920 bits per heavy atom. The fourth-order valence-electron chi connectivity index (χ4n) is 6.50. The molecular formula is C43H27BrN6. The highest BCUT2D eigenvalue weighted by atomic mass is 79.9. The van der Waals surface area contributed by atoms with E-state index in [0.717, 1.165) is 60.1 Å². The summed E-state index contributed by atoms with van der Waals surface area (Å²) in [4.78, 5) is 23.6. The van der Waals surface area contributed by atoms with Crippen LogP contribution in [0, 0.1) is 0 Å². The summed E-state index contributed by atoms with van der Waals surface area (Å²) in [5.74, 6) is 1.78. The van der Waals surface area contributed by atoms with Crippen LogP contribution in [-0.4, -0.2) is 29.5 Å². The topological polar surface area (TPSA) is 69.4 Å². The van der Waals surface area contributed by atoms with E-state index in [0.29, 0.717) is 17.5 Å². The molecule has 0 unspecified atom stereocenters. The molecule has 236 valence electrons. The molecule has 0 saturated carbocycles. The molecule has 9 aromatic rings. The van der Waals surface area contributed by atoms with E-state index in [2.05, 4.69) is 152 Å². The van der Waals surface area contributed by atoms with Gasteiger partial charge in [-0.25, -0.2) is 15.0 Å². The van der Waals surface area contributed by atoms with Crippen LogP contribution in [0.3, 0.4) is 0 Å². The maximum atomic E-state index is 5.08. The average Bonchev–Trinajstić information content (AvgIpc) is 3.53. The summed E-state index contributed by atoms with van der Waals surface area (Å²) in [7, 11) is 0. The quantitative estimate of drug-likeness (QED) is 0.172. The van der Waals surface area contributed by atoms with Crippen LogP contribution in [0.4, 0.5) is 0 Å². The second kappa shape index (κ2) is 12.6. The van der Waals surface area contributed by atoms with E-state index in [1.165, 1.54) is 10.8 Å². The molecule has 7 heteroatoms. The molecule has 9 rings (SSSR count). The zero-order valence-corrected chi connectivity index (χ0v) is 28.2. The predicted octanol–water partition coefficient (Wildman–Crippen LogP) is 10.9. The Morgan fingerprint density at radius 1 is 0.400 bits per heavy atom. The van der Waals surface area contributed by atoms with Gasteiger partial charge in [0.25, 0.3) is 0 Å². The number of hydrogen-bond donors (Lipinski definition) is 0. The first-order valence-corrected chi connectivity index (χ1v) is 17.0. The monoisotopic (exact) mass is 706 g/mol. The van der Waals surface area contributed by atoms with E-state index in [1.54, 1.807) is 18.6 Å². The summed E-state index contributed by atoms with van der Waals surface area (Å²) in [5.41, 5.74) is 10.3. The third-order valence-electron chi connectivity index (χ3n) is 8.91. The summed E-state index contributed by atoms with van der Waals surface area (Å²) in [6.07, 6.45) is 7.26. The number of halogens is 1. The molecule has 0 N–H and O–H groups in total. The van der Waals surface area contributed by atoms with Crippen molar-refractivity contribution in [3.8, 4) is 62.1 Å². The van der Waals surface area contributed by atoms with Gasteiger partial charge in [0.05, 0.1) is 11.0 Å². The van der Waals surface area contributed by atoms with Gasteiger partial charge in [0.2, 0.25) is 0 Å². The fourth-order valence-corrected chi connectivity index (χ4v) is 6.98. The molecular weight excluding hydrogens is 680 g/mol. The van der Waals surface area contributed by atoms with Gasteiger partial charge in [-0.05, 0) is 70.8 Å². The van der Waals surface area contributed by atoms with Crippen molar-refractivity contribution in [2.45, 2.75) is 0 Å². The van der Waals surface area contributed by atoms with Crippen molar-refractivity contribution < 1.29 is 0 Å². The number of nitrogens with zero attached hydrogens (tertiary/aromatic N) is 6. The number of hydrogen-bond acceptors (Lipinski definition) is 5. The maximum Gasteiger partial charge on any atom is 0.164 e. The Hall–Kier alpha value is -6.31. The first kappa shape index (κ1) is 29.8. The van der Waals surface area contributed by atoms with Gasteiger partial charge in [-0.1, -0.05) is 107 Å². The molecule has 0 bridgehead atoms. The molecule has 0 aliphatic heterocycles. The van der Waals surface area contributed by atoms with Gasteiger partial charge in [0.1, 0.15) is 0 Å². The third-order valence-corrected chi connectivity index (χ3v) is 9.37. The van der Waals surface area contributed by atoms with Crippen molar-refractivity contribution in [3.05, 3.63) is 169 Å². The van der Waals surface area contributed by atoms with E-state index in [4.69, 9.17) is 15.0 Å². The van der Waals surface area contributed by atoms with E-state index >= 15 is 0 Å². The van der Waals surface area contributed by atoms with E-state index in [9.17, 15) is 0 Å². The Morgan fingerprint density at radius 3 is 1.50 bits per heavy atom. The van der Waals surface area contributed by atoms with Gasteiger partial charge < -0.3 is 4.57 Å². The third kappa shape index (κ3) is 5.53. The van der Waals surface area contributed by atoms with Gasteiger partial charge in [0.15, 0.2) is 17.5 Å². The zero-order chi connectivity index (χ0) is 33.4. The van der Waals surface area contributed by atoms with Gasteiger partial charge >= 0.3 is 0 Å². The van der Waals surface area contributed by atoms with Crippen molar-refractivity contribution in [1.29, 1.82) is 0 Å². The minimum atomic E-state index is 0.586. The largest absolute Gasteiger partial charge is 0.309 e. The lowest BCUT2D eigenvalue weighted by molar-refractivity contribution is 1.07. The molecule has 0 spiro atoms. The van der Waals surface area contributed by atoms with Crippen LogP contribution in [0.5, 0.6) is 0 Å². The molecule has 0 atom stereocenters. The van der Waals surface area contributed by atoms with E-state index < -0.39 is 0 Å². The molecule has 0 aliphatic carbocycles. The van der Waals surface area contributed by atoms with Gasteiger partial charge in [-0.2, -0.15) is 0 Å². The Bertz CT molecular complexity index is 2480. The molecule has 0 saturated heterocycles. The highest BCUT2D eigenvalue weighted by Crippen LogP contribution is 2.35.